The zero-order valence-corrected chi connectivity index (χ0v) is 15.9. The lowest BCUT2D eigenvalue weighted by molar-refractivity contribution is 0.0994. The van der Waals surface area contributed by atoms with Crippen LogP contribution >= 0.6 is 27.7 Å². The minimum Gasteiger partial charge on any atom is -0.303 e. The number of Topliss-reactive ketones (excluding diaryl/α,β-unsaturated/α-hetero) is 1. The average Bonchev–Trinajstić information content (AvgIpc) is 3.27. The molecular weight excluding hydrogens is 374 g/mol. The quantitative estimate of drug-likeness (QED) is 0.519. The van der Waals surface area contributed by atoms with Gasteiger partial charge in [0, 0.05) is 22.0 Å². The molecule has 1 aliphatic carbocycles. The third kappa shape index (κ3) is 3.69. The maximum Gasteiger partial charge on any atom is 0.192 e. The van der Waals surface area contributed by atoms with E-state index in [-0.39, 0.29) is 11.0 Å². The number of nitrogens with zero attached hydrogens (tertiary/aromatic N) is 3. The van der Waals surface area contributed by atoms with Crippen molar-refractivity contribution in [3.63, 3.8) is 0 Å². The number of ketones is 1. The van der Waals surface area contributed by atoms with E-state index in [0.717, 1.165) is 21.0 Å². The summed E-state index contributed by atoms with van der Waals surface area (Å²) in [6, 6.07) is 8.02. The van der Waals surface area contributed by atoms with Crippen LogP contribution in [0.1, 0.15) is 61.8 Å². The summed E-state index contributed by atoms with van der Waals surface area (Å²) in [6.07, 6.45) is 2.36. The molecule has 1 aromatic heterocycles. The number of carbonyl (C=O) groups is 1. The van der Waals surface area contributed by atoms with Crippen molar-refractivity contribution in [2.45, 2.75) is 56.0 Å². The predicted molar refractivity (Wildman–Crippen MR) is 96.2 cm³/mol. The Labute approximate surface area is 149 Å². The van der Waals surface area contributed by atoms with Crippen molar-refractivity contribution < 1.29 is 4.79 Å². The van der Waals surface area contributed by atoms with Crippen molar-refractivity contribution in [3.8, 4) is 0 Å². The molecule has 1 fully saturated rings. The SMILES string of the molecule is CC(Sc1nnc(C(C)C)n1C1CC1)C(=O)c1ccc(Br)cc1. The zero-order chi connectivity index (χ0) is 16.6. The molecule has 4 nitrogen and oxygen atoms in total. The van der Waals surface area contributed by atoms with Gasteiger partial charge in [-0.3, -0.25) is 4.79 Å². The van der Waals surface area contributed by atoms with Crippen molar-refractivity contribution in [1.29, 1.82) is 0 Å². The van der Waals surface area contributed by atoms with E-state index in [0.29, 0.717) is 12.0 Å². The number of halogens is 1. The first-order chi connectivity index (χ1) is 11.0. The van der Waals surface area contributed by atoms with Crippen LogP contribution in [0.15, 0.2) is 33.9 Å². The van der Waals surface area contributed by atoms with E-state index in [4.69, 9.17) is 0 Å². The van der Waals surface area contributed by atoms with E-state index in [9.17, 15) is 4.79 Å². The smallest absolute Gasteiger partial charge is 0.192 e. The van der Waals surface area contributed by atoms with Gasteiger partial charge in [0.15, 0.2) is 10.9 Å². The Balaban J connectivity index is 1.79. The van der Waals surface area contributed by atoms with E-state index < -0.39 is 0 Å². The van der Waals surface area contributed by atoms with E-state index in [1.807, 2.05) is 31.2 Å². The summed E-state index contributed by atoms with van der Waals surface area (Å²) in [5.41, 5.74) is 0.731. The Kier molecular flexibility index (Phi) is 4.92. The van der Waals surface area contributed by atoms with Gasteiger partial charge in [-0.25, -0.2) is 0 Å². The van der Waals surface area contributed by atoms with Crippen molar-refractivity contribution in [1.82, 2.24) is 14.8 Å². The second kappa shape index (κ2) is 6.77. The molecule has 0 saturated heterocycles. The summed E-state index contributed by atoms with van der Waals surface area (Å²) in [5, 5.41) is 9.38. The summed E-state index contributed by atoms with van der Waals surface area (Å²) < 4.78 is 3.21. The van der Waals surface area contributed by atoms with Crippen LogP contribution in [0.4, 0.5) is 0 Å². The van der Waals surface area contributed by atoms with Crippen LogP contribution in [0.25, 0.3) is 0 Å². The average molecular weight is 394 g/mol. The number of benzene rings is 1. The second-order valence-electron chi connectivity index (χ2n) is 6.23. The van der Waals surface area contributed by atoms with Gasteiger partial charge in [-0.1, -0.05) is 53.7 Å². The number of thioether (sulfide) groups is 1. The molecule has 0 bridgehead atoms. The Morgan fingerprint density at radius 1 is 1.22 bits per heavy atom. The number of hydrogen-bond donors (Lipinski definition) is 0. The topological polar surface area (TPSA) is 47.8 Å². The molecule has 0 spiro atoms. The summed E-state index contributed by atoms with van der Waals surface area (Å²) >= 11 is 4.91. The molecule has 1 atom stereocenters. The standard InChI is InChI=1S/C17H20BrN3OS/c1-10(2)16-19-20-17(21(16)14-8-9-14)23-11(3)15(22)12-4-6-13(18)7-5-12/h4-7,10-11,14H,8-9H2,1-3H3. The maximum atomic E-state index is 12.6. The number of aromatic nitrogens is 3. The second-order valence-corrected chi connectivity index (χ2v) is 8.45. The van der Waals surface area contributed by atoms with Crippen LogP contribution in [0.5, 0.6) is 0 Å². The van der Waals surface area contributed by atoms with Crippen molar-refractivity contribution in [2.75, 3.05) is 0 Å². The molecule has 0 aliphatic heterocycles. The predicted octanol–water partition coefficient (Wildman–Crippen LogP) is 4.86. The van der Waals surface area contributed by atoms with Gasteiger partial charge in [0.2, 0.25) is 0 Å². The van der Waals surface area contributed by atoms with Crippen LogP contribution in [0.2, 0.25) is 0 Å². The van der Waals surface area contributed by atoms with Crippen LogP contribution in [0, 0.1) is 0 Å². The molecule has 122 valence electrons. The molecule has 1 unspecified atom stereocenters. The van der Waals surface area contributed by atoms with Crippen molar-refractivity contribution in [2.24, 2.45) is 0 Å². The third-order valence-electron chi connectivity index (χ3n) is 3.90. The van der Waals surface area contributed by atoms with Gasteiger partial charge >= 0.3 is 0 Å². The molecule has 2 aromatic rings. The van der Waals surface area contributed by atoms with Crippen LogP contribution < -0.4 is 0 Å². The number of rotatable bonds is 6. The molecule has 1 saturated carbocycles. The molecule has 23 heavy (non-hydrogen) atoms. The maximum absolute atomic E-state index is 12.6. The van der Waals surface area contributed by atoms with Gasteiger partial charge in [0.05, 0.1) is 5.25 Å². The molecule has 0 amide bonds. The molecule has 1 aromatic carbocycles. The van der Waals surface area contributed by atoms with E-state index in [1.165, 1.54) is 24.6 Å². The van der Waals surface area contributed by atoms with Gasteiger partial charge in [-0.15, -0.1) is 10.2 Å². The fraction of sp³-hybridized carbons (Fsp3) is 0.471. The van der Waals surface area contributed by atoms with Gasteiger partial charge < -0.3 is 4.57 Å². The molecular formula is C17H20BrN3OS. The highest BCUT2D eigenvalue weighted by atomic mass is 79.9. The van der Waals surface area contributed by atoms with E-state index in [1.54, 1.807) is 0 Å². The molecule has 3 rings (SSSR count). The molecule has 0 radical (unpaired) electrons. The Morgan fingerprint density at radius 2 is 1.87 bits per heavy atom. The fourth-order valence-corrected chi connectivity index (χ4v) is 3.77. The largest absolute Gasteiger partial charge is 0.303 e. The lowest BCUT2D eigenvalue weighted by Gasteiger charge is -2.13. The highest BCUT2D eigenvalue weighted by molar-refractivity contribution is 9.10. The normalized spacial score (nSPS) is 15.9. The molecule has 6 heteroatoms. The van der Waals surface area contributed by atoms with Gasteiger partial charge in [0.25, 0.3) is 0 Å². The Morgan fingerprint density at radius 3 is 2.43 bits per heavy atom. The number of carbonyl (C=O) groups excluding carboxylic acids is 1. The third-order valence-corrected chi connectivity index (χ3v) is 5.48. The van der Waals surface area contributed by atoms with Crippen LogP contribution in [-0.4, -0.2) is 25.8 Å². The lowest BCUT2D eigenvalue weighted by atomic mass is 10.1. The Hall–Kier alpha value is -1.14. The summed E-state index contributed by atoms with van der Waals surface area (Å²) in [6.45, 7) is 6.21. The molecule has 1 heterocycles. The zero-order valence-electron chi connectivity index (χ0n) is 13.5. The summed E-state index contributed by atoms with van der Waals surface area (Å²) in [7, 11) is 0. The first-order valence-corrected chi connectivity index (χ1v) is 9.56. The highest BCUT2D eigenvalue weighted by Crippen LogP contribution is 2.41. The monoisotopic (exact) mass is 393 g/mol. The lowest BCUT2D eigenvalue weighted by Crippen LogP contribution is -2.15. The first-order valence-electron chi connectivity index (χ1n) is 7.88. The minimum absolute atomic E-state index is 0.124. The minimum atomic E-state index is -0.183. The first kappa shape index (κ1) is 16.7. The van der Waals surface area contributed by atoms with Crippen molar-refractivity contribution >= 4 is 33.5 Å². The molecule has 0 N–H and O–H groups in total. The highest BCUT2D eigenvalue weighted by Gasteiger charge is 2.31. The van der Waals surface area contributed by atoms with Gasteiger partial charge in [-0.2, -0.15) is 0 Å². The Bertz CT molecular complexity index is 707. The summed E-state index contributed by atoms with van der Waals surface area (Å²) in [5.74, 6) is 1.49. The number of hydrogen-bond acceptors (Lipinski definition) is 4. The van der Waals surface area contributed by atoms with E-state index in [2.05, 4.69) is 44.5 Å². The van der Waals surface area contributed by atoms with Crippen LogP contribution in [-0.2, 0) is 0 Å². The van der Waals surface area contributed by atoms with Crippen molar-refractivity contribution in [3.05, 3.63) is 40.1 Å². The molecule has 1 aliphatic rings. The summed E-state index contributed by atoms with van der Waals surface area (Å²) in [4.78, 5) is 12.6. The fourth-order valence-electron chi connectivity index (χ4n) is 2.50. The van der Waals surface area contributed by atoms with Gasteiger partial charge in [-0.05, 0) is 31.9 Å². The van der Waals surface area contributed by atoms with Gasteiger partial charge in [0.1, 0.15) is 5.82 Å². The van der Waals surface area contributed by atoms with Crippen LogP contribution in [0.3, 0.4) is 0 Å². The van der Waals surface area contributed by atoms with E-state index >= 15 is 0 Å².